The van der Waals surface area contributed by atoms with Crippen LogP contribution in [0.1, 0.15) is 43.6 Å². The Balaban J connectivity index is 2.14. The van der Waals surface area contributed by atoms with Crippen LogP contribution in [-0.2, 0) is 0 Å². The zero-order chi connectivity index (χ0) is 11.4. The Morgan fingerprint density at radius 1 is 1.31 bits per heavy atom. The molecule has 1 saturated carbocycles. The first-order chi connectivity index (χ1) is 7.79. The van der Waals surface area contributed by atoms with Crippen molar-refractivity contribution >= 4 is 11.6 Å². The van der Waals surface area contributed by atoms with Crippen LogP contribution in [0, 0.1) is 0 Å². The maximum atomic E-state index is 6.29. The van der Waals surface area contributed by atoms with E-state index in [0.717, 1.165) is 18.6 Å². The Morgan fingerprint density at radius 2 is 2.12 bits per heavy atom. The number of rotatable bonds is 2. The standard InChI is InChI=1S/C13H18ClNO/c1-16-13-7-11(8-15-9-13)10-4-2-3-5-12(14)6-10/h7-10,12H,2-6H2,1H3. The van der Waals surface area contributed by atoms with Gasteiger partial charge in [0, 0.05) is 11.6 Å². The number of pyridine rings is 1. The SMILES string of the molecule is COc1cncc(C2CCCCC(Cl)C2)c1. The van der Waals surface area contributed by atoms with E-state index < -0.39 is 0 Å². The van der Waals surface area contributed by atoms with Crippen molar-refractivity contribution in [3.63, 3.8) is 0 Å². The van der Waals surface area contributed by atoms with Crippen LogP contribution >= 0.6 is 11.6 Å². The topological polar surface area (TPSA) is 22.1 Å². The molecule has 0 radical (unpaired) electrons. The third-order valence-electron chi connectivity index (χ3n) is 3.30. The molecule has 0 saturated heterocycles. The fourth-order valence-electron chi connectivity index (χ4n) is 2.37. The first-order valence-electron chi connectivity index (χ1n) is 5.92. The number of alkyl halides is 1. The highest BCUT2D eigenvalue weighted by Crippen LogP contribution is 2.34. The highest BCUT2D eigenvalue weighted by molar-refractivity contribution is 6.20. The molecule has 0 N–H and O–H groups in total. The van der Waals surface area contributed by atoms with Crippen molar-refractivity contribution in [3.05, 3.63) is 24.0 Å². The van der Waals surface area contributed by atoms with Crippen molar-refractivity contribution in [2.24, 2.45) is 0 Å². The van der Waals surface area contributed by atoms with Crippen molar-refractivity contribution in [3.8, 4) is 5.75 Å². The lowest BCUT2D eigenvalue weighted by Crippen LogP contribution is -2.04. The molecule has 0 aliphatic heterocycles. The van der Waals surface area contributed by atoms with Crippen LogP contribution in [0.2, 0.25) is 0 Å². The Hall–Kier alpha value is -0.760. The normalized spacial score (nSPS) is 26.1. The van der Waals surface area contributed by atoms with Crippen LogP contribution < -0.4 is 4.74 Å². The number of hydrogen-bond acceptors (Lipinski definition) is 2. The van der Waals surface area contributed by atoms with E-state index in [1.165, 1.54) is 24.8 Å². The predicted octanol–water partition coefficient (Wildman–Crippen LogP) is 3.75. The van der Waals surface area contributed by atoms with Crippen LogP contribution in [0.3, 0.4) is 0 Å². The molecule has 2 unspecified atom stereocenters. The molecule has 0 aromatic carbocycles. The van der Waals surface area contributed by atoms with Gasteiger partial charge in [-0.1, -0.05) is 12.8 Å². The minimum Gasteiger partial charge on any atom is -0.495 e. The number of methoxy groups -OCH3 is 1. The monoisotopic (exact) mass is 239 g/mol. The van der Waals surface area contributed by atoms with Gasteiger partial charge in [0.25, 0.3) is 0 Å². The third kappa shape index (κ3) is 2.88. The first kappa shape index (κ1) is 11.7. The van der Waals surface area contributed by atoms with E-state index in [1.54, 1.807) is 13.3 Å². The molecular formula is C13H18ClNO. The van der Waals surface area contributed by atoms with Crippen LogP contribution in [-0.4, -0.2) is 17.5 Å². The number of ether oxygens (including phenoxy) is 1. The van der Waals surface area contributed by atoms with E-state index in [2.05, 4.69) is 11.1 Å². The van der Waals surface area contributed by atoms with Gasteiger partial charge >= 0.3 is 0 Å². The molecule has 1 aromatic heterocycles. The summed E-state index contributed by atoms with van der Waals surface area (Å²) >= 11 is 6.29. The summed E-state index contributed by atoms with van der Waals surface area (Å²) in [7, 11) is 1.68. The van der Waals surface area contributed by atoms with Gasteiger partial charge in [-0.15, -0.1) is 11.6 Å². The van der Waals surface area contributed by atoms with Gasteiger partial charge in [-0.3, -0.25) is 4.98 Å². The van der Waals surface area contributed by atoms with Gasteiger partial charge in [0.15, 0.2) is 0 Å². The Kier molecular flexibility index (Phi) is 4.05. The number of nitrogens with zero attached hydrogens (tertiary/aromatic N) is 1. The summed E-state index contributed by atoms with van der Waals surface area (Å²) in [5, 5.41) is 0.318. The molecule has 1 aliphatic rings. The molecule has 0 bridgehead atoms. The number of hydrogen-bond donors (Lipinski definition) is 0. The van der Waals surface area contributed by atoms with Crippen LogP contribution in [0.5, 0.6) is 5.75 Å². The van der Waals surface area contributed by atoms with Crippen molar-refractivity contribution in [2.75, 3.05) is 7.11 Å². The average molecular weight is 240 g/mol. The zero-order valence-corrected chi connectivity index (χ0v) is 10.4. The summed E-state index contributed by atoms with van der Waals surface area (Å²) in [6.45, 7) is 0. The summed E-state index contributed by atoms with van der Waals surface area (Å²) < 4.78 is 5.21. The van der Waals surface area contributed by atoms with Gasteiger partial charge in [0.2, 0.25) is 0 Å². The van der Waals surface area contributed by atoms with Gasteiger partial charge in [0.1, 0.15) is 5.75 Å². The molecule has 1 fully saturated rings. The van der Waals surface area contributed by atoms with Gasteiger partial charge < -0.3 is 4.74 Å². The third-order valence-corrected chi connectivity index (χ3v) is 3.70. The number of halogens is 1. The summed E-state index contributed by atoms with van der Waals surface area (Å²) in [4.78, 5) is 4.22. The lowest BCUT2D eigenvalue weighted by atomic mass is 9.93. The maximum Gasteiger partial charge on any atom is 0.137 e. The predicted molar refractivity (Wildman–Crippen MR) is 66.3 cm³/mol. The van der Waals surface area contributed by atoms with Gasteiger partial charge in [-0.25, -0.2) is 0 Å². The minimum atomic E-state index is 0.318. The quantitative estimate of drug-likeness (QED) is 0.579. The van der Waals surface area contributed by atoms with E-state index in [-0.39, 0.29) is 0 Å². The van der Waals surface area contributed by atoms with Crippen LogP contribution in [0.4, 0.5) is 0 Å². The lowest BCUT2D eigenvalue weighted by Gasteiger charge is -2.16. The molecule has 2 atom stereocenters. The molecule has 1 heterocycles. The fourth-order valence-corrected chi connectivity index (χ4v) is 2.74. The summed E-state index contributed by atoms with van der Waals surface area (Å²) in [5.41, 5.74) is 1.27. The zero-order valence-electron chi connectivity index (χ0n) is 9.66. The molecule has 2 rings (SSSR count). The minimum absolute atomic E-state index is 0.318. The van der Waals surface area contributed by atoms with Gasteiger partial charge in [0.05, 0.1) is 13.3 Å². The fraction of sp³-hybridized carbons (Fsp3) is 0.615. The molecule has 16 heavy (non-hydrogen) atoms. The smallest absolute Gasteiger partial charge is 0.137 e. The second kappa shape index (κ2) is 5.53. The van der Waals surface area contributed by atoms with Gasteiger partial charge in [-0.2, -0.15) is 0 Å². The van der Waals surface area contributed by atoms with E-state index >= 15 is 0 Å². The highest BCUT2D eigenvalue weighted by atomic mass is 35.5. The van der Waals surface area contributed by atoms with Crippen LogP contribution in [0.15, 0.2) is 18.5 Å². The number of aromatic nitrogens is 1. The Morgan fingerprint density at radius 3 is 2.94 bits per heavy atom. The second-order valence-electron chi connectivity index (χ2n) is 4.47. The van der Waals surface area contributed by atoms with Crippen molar-refractivity contribution < 1.29 is 4.74 Å². The molecule has 88 valence electrons. The molecule has 3 heteroatoms. The molecule has 1 aliphatic carbocycles. The molecule has 2 nitrogen and oxygen atoms in total. The summed E-state index contributed by atoms with van der Waals surface area (Å²) in [5.74, 6) is 1.39. The van der Waals surface area contributed by atoms with Crippen LogP contribution in [0.25, 0.3) is 0 Å². The molecule has 0 amide bonds. The second-order valence-corrected chi connectivity index (χ2v) is 5.09. The summed E-state index contributed by atoms with van der Waals surface area (Å²) in [6.07, 6.45) is 9.65. The van der Waals surface area contributed by atoms with E-state index in [4.69, 9.17) is 16.3 Å². The van der Waals surface area contributed by atoms with E-state index in [9.17, 15) is 0 Å². The lowest BCUT2D eigenvalue weighted by molar-refractivity contribution is 0.411. The van der Waals surface area contributed by atoms with Crippen molar-refractivity contribution in [1.82, 2.24) is 4.98 Å². The first-order valence-corrected chi connectivity index (χ1v) is 6.36. The molecule has 0 spiro atoms. The Bertz CT molecular complexity index is 342. The van der Waals surface area contributed by atoms with Gasteiger partial charge in [-0.05, 0) is 36.8 Å². The summed E-state index contributed by atoms with van der Waals surface area (Å²) in [6, 6.07) is 2.09. The Labute approximate surface area is 102 Å². The van der Waals surface area contributed by atoms with E-state index in [0.29, 0.717) is 11.3 Å². The molecule has 1 aromatic rings. The van der Waals surface area contributed by atoms with E-state index in [1.807, 2.05) is 6.20 Å². The van der Waals surface area contributed by atoms with Crippen molar-refractivity contribution in [2.45, 2.75) is 43.4 Å². The average Bonchev–Trinajstić information content (AvgIpc) is 2.54. The molecular weight excluding hydrogens is 222 g/mol. The largest absolute Gasteiger partial charge is 0.495 e. The maximum absolute atomic E-state index is 6.29. The highest BCUT2D eigenvalue weighted by Gasteiger charge is 2.20. The van der Waals surface area contributed by atoms with Crippen molar-refractivity contribution in [1.29, 1.82) is 0 Å².